The molecule has 0 saturated heterocycles. The molecule has 1 aliphatic rings. The predicted octanol–water partition coefficient (Wildman–Crippen LogP) is -0.193. The summed E-state index contributed by atoms with van der Waals surface area (Å²) < 4.78 is 11.9. The summed E-state index contributed by atoms with van der Waals surface area (Å²) in [7, 11) is 1.42. The summed E-state index contributed by atoms with van der Waals surface area (Å²) in [6.07, 6.45) is 0. The van der Waals surface area contributed by atoms with Crippen LogP contribution in [-0.2, 0) is 7.05 Å². The van der Waals surface area contributed by atoms with Crippen LogP contribution >= 0.6 is 0 Å². The van der Waals surface area contributed by atoms with Crippen LogP contribution in [0.25, 0.3) is 0 Å². The third-order valence-corrected chi connectivity index (χ3v) is 3.12. The summed E-state index contributed by atoms with van der Waals surface area (Å²) in [6.45, 7) is 0.929. The standard InChI is InChI=1S/C14H13N3O5/c1-17-10(14(19)20)7-9(16-17)13(18)15-8-2-3-11-12(6-8)22-5-4-21-11/h2-3,6-7H,4-5H2,1H3,(H,15,18)(H,19,20)/p-1. The van der Waals surface area contributed by atoms with Gasteiger partial charge in [0.15, 0.2) is 17.2 Å². The number of carbonyl (C=O) groups is 2. The maximum Gasteiger partial charge on any atom is 0.276 e. The number of rotatable bonds is 3. The highest BCUT2D eigenvalue weighted by molar-refractivity contribution is 6.04. The largest absolute Gasteiger partial charge is 0.543 e. The number of nitrogens with one attached hydrogen (secondary N) is 1. The number of aromatic nitrogens is 2. The molecule has 1 aromatic carbocycles. The molecule has 0 bridgehead atoms. The smallest absolute Gasteiger partial charge is 0.276 e. The molecule has 1 amide bonds. The molecular formula is C14H12N3O5-. The molecule has 3 rings (SSSR count). The van der Waals surface area contributed by atoms with Gasteiger partial charge in [0.05, 0.1) is 11.7 Å². The highest BCUT2D eigenvalue weighted by atomic mass is 16.6. The van der Waals surface area contributed by atoms with Gasteiger partial charge in [-0.15, -0.1) is 0 Å². The molecule has 22 heavy (non-hydrogen) atoms. The van der Waals surface area contributed by atoms with Gasteiger partial charge in [0.1, 0.15) is 13.2 Å². The third kappa shape index (κ3) is 2.58. The van der Waals surface area contributed by atoms with E-state index in [4.69, 9.17) is 9.47 Å². The van der Waals surface area contributed by atoms with Gasteiger partial charge in [-0.2, -0.15) is 5.10 Å². The van der Waals surface area contributed by atoms with Crippen LogP contribution in [0.3, 0.4) is 0 Å². The number of aryl methyl sites for hydroxylation is 1. The Kier molecular flexibility index (Phi) is 3.42. The molecule has 1 N–H and O–H groups in total. The molecule has 1 aromatic heterocycles. The number of ether oxygens (including phenoxy) is 2. The second-order valence-corrected chi connectivity index (χ2v) is 4.64. The lowest BCUT2D eigenvalue weighted by Gasteiger charge is -2.18. The minimum absolute atomic E-state index is 0.0170. The Morgan fingerprint density at radius 1 is 1.23 bits per heavy atom. The van der Waals surface area contributed by atoms with Crippen LogP contribution in [0.1, 0.15) is 21.0 Å². The Hall–Kier alpha value is -3.03. The van der Waals surface area contributed by atoms with Crippen molar-refractivity contribution >= 4 is 17.6 Å². The molecule has 8 heteroatoms. The average molecular weight is 302 g/mol. The monoisotopic (exact) mass is 302 g/mol. The number of carboxylic acids is 1. The third-order valence-electron chi connectivity index (χ3n) is 3.12. The first-order valence-electron chi connectivity index (χ1n) is 6.51. The number of anilines is 1. The molecule has 1 aliphatic heterocycles. The van der Waals surface area contributed by atoms with Crippen molar-refractivity contribution in [2.75, 3.05) is 18.5 Å². The molecule has 0 atom stereocenters. The first kappa shape index (κ1) is 13.9. The van der Waals surface area contributed by atoms with Gasteiger partial charge in [-0.1, -0.05) is 0 Å². The van der Waals surface area contributed by atoms with Gasteiger partial charge in [0.2, 0.25) is 0 Å². The summed E-state index contributed by atoms with van der Waals surface area (Å²) in [4.78, 5) is 22.9. The van der Waals surface area contributed by atoms with E-state index >= 15 is 0 Å². The van der Waals surface area contributed by atoms with Gasteiger partial charge in [-0.05, 0) is 18.2 Å². The van der Waals surface area contributed by atoms with E-state index < -0.39 is 11.9 Å². The Morgan fingerprint density at radius 2 is 1.95 bits per heavy atom. The zero-order chi connectivity index (χ0) is 15.7. The zero-order valence-corrected chi connectivity index (χ0v) is 11.7. The van der Waals surface area contributed by atoms with Crippen LogP contribution in [0.15, 0.2) is 24.3 Å². The fourth-order valence-electron chi connectivity index (χ4n) is 2.09. The molecule has 2 heterocycles. The topological polar surface area (TPSA) is 106 Å². The maximum absolute atomic E-state index is 12.1. The van der Waals surface area contributed by atoms with Gasteiger partial charge < -0.3 is 24.7 Å². The van der Waals surface area contributed by atoms with Crippen molar-refractivity contribution in [1.82, 2.24) is 9.78 Å². The number of hydrogen-bond acceptors (Lipinski definition) is 6. The predicted molar refractivity (Wildman–Crippen MR) is 72.9 cm³/mol. The lowest BCUT2D eigenvalue weighted by Crippen LogP contribution is -2.24. The van der Waals surface area contributed by atoms with E-state index in [1.54, 1.807) is 18.2 Å². The van der Waals surface area contributed by atoms with Crippen LogP contribution in [0.2, 0.25) is 0 Å². The molecule has 2 aromatic rings. The van der Waals surface area contributed by atoms with E-state index in [2.05, 4.69) is 10.4 Å². The van der Waals surface area contributed by atoms with E-state index in [9.17, 15) is 14.7 Å². The van der Waals surface area contributed by atoms with Crippen LogP contribution < -0.4 is 19.9 Å². The zero-order valence-electron chi connectivity index (χ0n) is 11.7. The van der Waals surface area contributed by atoms with Gasteiger partial charge in [-0.25, -0.2) is 0 Å². The van der Waals surface area contributed by atoms with E-state index in [1.165, 1.54) is 7.05 Å². The van der Waals surface area contributed by atoms with E-state index in [0.717, 1.165) is 10.7 Å². The number of carboxylic acid groups (broad SMARTS) is 1. The number of amides is 1. The number of benzene rings is 1. The first-order valence-corrected chi connectivity index (χ1v) is 6.51. The fourth-order valence-corrected chi connectivity index (χ4v) is 2.09. The minimum Gasteiger partial charge on any atom is -0.543 e. The molecule has 0 unspecified atom stereocenters. The van der Waals surface area contributed by atoms with Gasteiger partial charge in [-0.3, -0.25) is 9.48 Å². The summed E-state index contributed by atoms with van der Waals surface area (Å²) >= 11 is 0. The van der Waals surface area contributed by atoms with E-state index in [1.807, 2.05) is 0 Å². The number of nitrogens with zero attached hydrogens (tertiary/aromatic N) is 2. The van der Waals surface area contributed by atoms with Crippen molar-refractivity contribution in [3.05, 3.63) is 35.7 Å². The van der Waals surface area contributed by atoms with Gasteiger partial charge in [0.25, 0.3) is 5.91 Å². The Bertz CT molecular complexity index is 753. The summed E-state index contributed by atoms with van der Waals surface area (Å²) in [5, 5.41) is 17.3. The molecule has 0 spiro atoms. The van der Waals surface area contributed by atoms with Crippen molar-refractivity contribution in [2.45, 2.75) is 0 Å². The average Bonchev–Trinajstić information content (AvgIpc) is 2.89. The van der Waals surface area contributed by atoms with Crippen LogP contribution in [0, 0.1) is 0 Å². The Labute approximate surface area is 125 Å². The van der Waals surface area contributed by atoms with Crippen LogP contribution in [0.4, 0.5) is 5.69 Å². The molecule has 0 saturated carbocycles. The van der Waals surface area contributed by atoms with Gasteiger partial charge in [0, 0.05) is 18.8 Å². The Balaban J connectivity index is 1.79. The second kappa shape index (κ2) is 5.40. The van der Waals surface area contributed by atoms with Crippen molar-refractivity contribution < 1.29 is 24.2 Å². The number of carbonyl (C=O) groups excluding carboxylic acids is 2. The SMILES string of the molecule is Cn1nc(C(=O)Nc2ccc3c(c2)OCCO3)cc1C(=O)[O-]. The lowest BCUT2D eigenvalue weighted by molar-refractivity contribution is -0.255. The maximum atomic E-state index is 12.1. The molecule has 0 radical (unpaired) electrons. The number of fused-ring (bicyclic) bond motifs is 1. The number of hydrogen-bond donors (Lipinski definition) is 1. The van der Waals surface area contributed by atoms with E-state index in [0.29, 0.717) is 30.4 Å². The van der Waals surface area contributed by atoms with Crippen LogP contribution in [0.5, 0.6) is 11.5 Å². The second-order valence-electron chi connectivity index (χ2n) is 4.64. The summed E-state index contributed by atoms with van der Waals surface area (Å²) in [5.74, 6) is -0.769. The molecular weight excluding hydrogens is 290 g/mol. The van der Waals surface area contributed by atoms with Gasteiger partial charge >= 0.3 is 0 Å². The molecule has 0 fully saturated rings. The number of aromatic carboxylic acids is 1. The first-order chi connectivity index (χ1) is 10.5. The van der Waals surface area contributed by atoms with Crippen LogP contribution in [-0.4, -0.2) is 34.9 Å². The van der Waals surface area contributed by atoms with Crippen molar-refractivity contribution in [1.29, 1.82) is 0 Å². The molecule has 0 aliphatic carbocycles. The van der Waals surface area contributed by atoms with E-state index in [-0.39, 0.29) is 11.4 Å². The van der Waals surface area contributed by atoms with Crippen molar-refractivity contribution in [2.24, 2.45) is 7.05 Å². The Morgan fingerprint density at radius 3 is 2.64 bits per heavy atom. The van der Waals surface area contributed by atoms with Crippen molar-refractivity contribution in [3.8, 4) is 11.5 Å². The fraction of sp³-hybridized carbons (Fsp3) is 0.214. The molecule has 114 valence electrons. The molecule has 8 nitrogen and oxygen atoms in total. The summed E-state index contributed by atoms with van der Waals surface area (Å²) in [6, 6.07) is 6.14. The lowest BCUT2D eigenvalue weighted by atomic mass is 10.2. The minimum atomic E-state index is -1.40. The highest BCUT2D eigenvalue weighted by Crippen LogP contribution is 2.32. The highest BCUT2D eigenvalue weighted by Gasteiger charge is 2.16. The normalized spacial score (nSPS) is 12.8. The van der Waals surface area contributed by atoms with Crippen molar-refractivity contribution in [3.63, 3.8) is 0 Å². The quantitative estimate of drug-likeness (QED) is 0.842. The summed E-state index contributed by atoms with van der Waals surface area (Å²) in [5.41, 5.74) is 0.304.